The molecule has 0 aliphatic heterocycles. The van der Waals surface area contributed by atoms with E-state index in [1.165, 1.54) is 0 Å². The van der Waals surface area contributed by atoms with Crippen molar-refractivity contribution < 1.29 is 5.11 Å². The number of hydrogen-bond donors (Lipinski definition) is 2. The summed E-state index contributed by atoms with van der Waals surface area (Å²) in [4.78, 5) is 2.41. The third-order valence-electron chi connectivity index (χ3n) is 3.80. The Morgan fingerprint density at radius 3 is 2.68 bits per heavy atom. The number of aliphatic hydroxyl groups excluding tert-OH is 1. The van der Waals surface area contributed by atoms with E-state index in [9.17, 15) is 5.11 Å². The lowest BCUT2D eigenvalue weighted by Crippen LogP contribution is -2.43. The number of anilines is 1. The number of aliphatic hydroxyl groups is 1. The van der Waals surface area contributed by atoms with Gasteiger partial charge < -0.3 is 15.7 Å². The molecule has 0 saturated heterocycles. The highest BCUT2D eigenvalue weighted by Gasteiger charge is 2.27. The molecule has 0 heterocycles. The summed E-state index contributed by atoms with van der Waals surface area (Å²) < 4.78 is 0. The van der Waals surface area contributed by atoms with E-state index in [1.54, 1.807) is 6.07 Å². The third kappa shape index (κ3) is 3.19. The van der Waals surface area contributed by atoms with Crippen molar-refractivity contribution in [3.8, 4) is 0 Å². The van der Waals surface area contributed by atoms with Gasteiger partial charge in [-0.2, -0.15) is 0 Å². The number of benzene rings is 1. The summed E-state index contributed by atoms with van der Waals surface area (Å²) in [6.07, 6.45) is 3.81. The second-order valence-corrected chi connectivity index (χ2v) is 5.91. The maximum Gasteiger partial charge on any atom is 0.104 e. The number of thiocarbonyl (C=S) groups is 1. The molecule has 0 amide bonds. The van der Waals surface area contributed by atoms with Crippen molar-refractivity contribution in [2.45, 2.75) is 37.8 Å². The van der Waals surface area contributed by atoms with Gasteiger partial charge in [0.25, 0.3) is 0 Å². The molecule has 0 bridgehead atoms. The van der Waals surface area contributed by atoms with Crippen molar-refractivity contribution in [3.05, 3.63) is 28.8 Å². The summed E-state index contributed by atoms with van der Waals surface area (Å²) in [5.74, 6) is 0. The van der Waals surface area contributed by atoms with Crippen molar-refractivity contribution in [3.63, 3.8) is 0 Å². The molecule has 1 aromatic carbocycles. The van der Waals surface area contributed by atoms with Crippen molar-refractivity contribution in [1.29, 1.82) is 0 Å². The van der Waals surface area contributed by atoms with Crippen LogP contribution in [-0.2, 0) is 0 Å². The summed E-state index contributed by atoms with van der Waals surface area (Å²) >= 11 is 11.2. The van der Waals surface area contributed by atoms with Gasteiger partial charge in [-0.05, 0) is 31.0 Å². The van der Waals surface area contributed by atoms with Crippen LogP contribution in [0, 0.1) is 0 Å². The van der Waals surface area contributed by atoms with Gasteiger partial charge in [0, 0.05) is 12.6 Å². The SMILES string of the molecule is CN(c1ccc(C(N)=S)cc1Cl)C1CCCCC1O. The van der Waals surface area contributed by atoms with E-state index in [0.29, 0.717) is 10.0 Å². The molecule has 0 radical (unpaired) electrons. The molecule has 1 saturated carbocycles. The zero-order chi connectivity index (χ0) is 14.0. The molecule has 3 nitrogen and oxygen atoms in total. The first-order valence-corrected chi connectivity index (χ1v) is 7.29. The van der Waals surface area contributed by atoms with Gasteiger partial charge in [0.2, 0.25) is 0 Å². The highest BCUT2D eigenvalue weighted by molar-refractivity contribution is 7.80. The van der Waals surface area contributed by atoms with Crippen LogP contribution in [0.2, 0.25) is 5.02 Å². The summed E-state index contributed by atoms with van der Waals surface area (Å²) in [5, 5.41) is 10.7. The minimum atomic E-state index is -0.287. The van der Waals surface area contributed by atoms with Gasteiger partial charge in [0.1, 0.15) is 4.99 Å². The first-order valence-electron chi connectivity index (χ1n) is 6.51. The molecule has 104 valence electrons. The molecule has 1 fully saturated rings. The standard InChI is InChI=1S/C14H19ClN2OS/c1-17(12-4-2-3-5-13(12)18)11-7-6-9(14(16)19)8-10(11)15/h6-8,12-13,18H,2-5H2,1H3,(H2,16,19). The Morgan fingerprint density at radius 2 is 2.11 bits per heavy atom. The summed E-state index contributed by atoms with van der Waals surface area (Å²) in [7, 11) is 1.97. The second kappa shape index (κ2) is 6.07. The quantitative estimate of drug-likeness (QED) is 0.843. The first kappa shape index (κ1) is 14.6. The molecule has 1 aliphatic rings. The smallest absolute Gasteiger partial charge is 0.104 e. The van der Waals surface area contributed by atoms with Crippen LogP contribution in [0.1, 0.15) is 31.2 Å². The molecule has 3 N–H and O–H groups in total. The van der Waals surface area contributed by atoms with Gasteiger partial charge >= 0.3 is 0 Å². The fraction of sp³-hybridized carbons (Fsp3) is 0.500. The minimum absolute atomic E-state index is 0.127. The van der Waals surface area contributed by atoms with Crippen molar-refractivity contribution in [2.75, 3.05) is 11.9 Å². The highest BCUT2D eigenvalue weighted by Crippen LogP contribution is 2.31. The maximum absolute atomic E-state index is 10.1. The fourth-order valence-corrected chi connectivity index (χ4v) is 3.11. The predicted octanol–water partition coefficient (Wildman–Crippen LogP) is 2.71. The molecule has 5 heteroatoms. The number of halogens is 1. The van der Waals surface area contributed by atoms with Crippen LogP contribution in [0.15, 0.2) is 18.2 Å². The van der Waals surface area contributed by atoms with Crippen LogP contribution >= 0.6 is 23.8 Å². The van der Waals surface area contributed by atoms with Crippen molar-refractivity contribution in [1.82, 2.24) is 0 Å². The van der Waals surface area contributed by atoms with Crippen LogP contribution in [-0.4, -0.2) is 29.3 Å². The first-order chi connectivity index (χ1) is 9.00. The van der Waals surface area contributed by atoms with E-state index < -0.39 is 0 Å². The highest BCUT2D eigenvalue weighted by atomic mass is 35.5. The topological polar surface area (TPSA) is 49.5 Å². The van der Waals surface area contributed by atoms with Gasteiger partial charge in [0.15, 0.2) is 0 Å². The summed E-state index contributed by atoms with van der Waals surface area (Å²) in [6, 6.07) is 5.69. The number of nitrogens with two attached hydrogens (primary N) is 1. The number of hydrogen-bond acceptors (Lipinski definition) is 3. The lowest BCUT2D eigenvalue weighted by atomic mass is 9.91. The van der Waals surface area contributed by atoms with Crippen molar-refractivity contribution in [2.24, 2.45) is 5.73 Å². The number of nitrogens with zero attached hydrogens (tertiary/aromatic N) is 1. The molecule has 1 aromatic rings. The van der Waals surface area contributed by atoms with Crippen LogP contribution in [0.4, 0.5) is 5.69 Å². The van der Waals surface area contributed by atoms with E-state index in [-0.39, 0.29) is 12.1 Å². The molecule has 0 spiro atoms. The Labute approximate surface area is 124 Å². The summed E-state index contributed by atoms with van der Waals surface area (Å²) in [5.41, 5.74) is 7.27. The monoisotopic (exact) mass is 298 g/mol. The van der Waals surface area contributed by atoms with E-state index >= 15 is 0 Å². The van der Waals surface area contributed by atoms with Gasteiger partial charge in [-0.1, -0.05) is 36.7 Å². The van der Waals surface area contributed by atoms with Gasteiger partial charge in [-0.15, -0.1) is 0 Å². The van der Waals surface area contributed by atoms with Crippen LogP contribution in [0.5, 0.6) is 0 Å². The molecule has 0 aromatic heterocycles. The van der Waals surface area contributed by atoms with Gasteiger partial charge in [-0.25, -0.2) is 0 Å². The summed E-state index contributed by atoms with van der Waals surface area (Å²) in [6.45, 7) is 0. The molecule has 1 aliphatic carbocycles. The predicted molar refractivity (Wildman–Crippen MR) is 84.0 cm³/mol. The Morgan fingerprint density at radius 1 is 1.42 bits per heavy atom. The molecular formula is C14H19ClN2OS. The van der Waals surface area contributed by atoms with Crippen LogP contribution in [0.3, 0.4) is 0 Å². The second-order valence-electron chi connectivity index (χ2n) is 5.06. The molecular weight excluding hydrogens is 280 g/mol. The zero-order valence-corrected chi connectivity index (χ0v) is 12.5. The molecule has 19 heavy (non-hydrogen) atoms. The number of likely N-dealkylation sites (N-methyl/N-ethyl adjacent to an activating group) is 1. The third-order valence-corrected chi connectivity index (χ3v) is 4.34. The molecule has 2 atom stereocenters. The van der Waals surface area contributed by atoms with Crippen molar-refractivity contribution >= 4 is 34.5 Å². The maximum atomic E-state index is 10.1. The molecule has 2 rings (SSSR count). The van der Waals surface area contributed by atoms with Gasteiger partial charge in [-0.3, -0.25) is 0 Å². The normalized spacial score (nSPS) is 23.1. The lowest BCUT2D eigenvalue weighted by Gasteiger charge is -2.37. The zero-order valence-electron chi connectivity index (χ0n) is 11.0. The van der Waals surface area contributed by atoms with Crippen LogP contribution < -0.4 is 10.6 Å². The Bertz CT molecular complexity index is 481. The Balaban J connectivity index is 2.23. The Kier molecular flexibility index (Phi) is 4.66. The van der Waals surface area contributed by atoms with E-state index in [1.807, 2.05) is 19.2 Å². The lowest BCUT2D eigenvalue weighted by molar-refractivity contribution is 0.106. The van der Waals surface area contributed by atoms with E-state index in [4.69, 9.17) is 29.6 Å². The number of rotatable bonds is 3. The minimum Gasteiger partial charge on any atom is -0.391 e. The average Bonchev–Trinajstić information content (AvgIpc) is 2.38. The molecule has 2 unspecified atom stereocenters. The largest absolute Gasteiger partial charge is 0.391 e. The van der Waals surface area contributed by atoms with E-state index in [0.717, 1.165) is 36.9 Å². The van der Waals surface area contributed by atoms with Gasteiger partial charge in [0.05, 0.1) is 22.9 Å². The van der Waals surface area contributed by atoms with Crippen LogP contribution in [0.25, 0.3) is 0 Å². The fourth-order valence-electron chi connectivity index (χ4n) is 2.67. The Hall–Kier alpha value is -0.840. The average molecular weight is 299 g/mol. The van der Waals surface area contributed by atoms with E-state index in [2.05, 4.69) is 4.90 Å².